The van der Waals surface area contributed by atoms with Crippen LogP contribution in [0.4, 0.5) is 0 Å². The summed E-state index contributed by atoms with van der Waals surface area (Å²) < 4.78 is 4.94. The lowest BCUT2D eigenvalue weighted by Crippen LogP contribution is -2.01. The van der Waals surface area contributed by atoms with Crippen molar-refractivity contribution in [3.63, 3.8) is 0 Å². The number of aldehydes is 1. The first kappa shape index (κ1) is 7.65. The number of hydrogen-bond acceptors (Lipinski definition) is 4. The molecular weight excluding hydrogens is 146 g/mol. The summed E-state index contributed by atoms with van der Waals surface area (Å²) in [4.78, 5) is 20.0. The van der Waals surface area contributed by atoms with Gasteiger partial charge in [0, 0.05) is 0 Å². The molecule has 0 aromatic heterocycles. The first-order valence-corrected chi connectivity index (χ1v) is 3.18. The SMILES string of the molecule is O=CC1=CCC=C(CN=O)O1. The Bertz CT molecular complexity index is 230. The minimum absolute atomic E-state index is 0.00875. The molecule has 0 atom stereocenters. The van der Waals surface area contributed by atoms with E-state index in [1.54, 1.807) is 12.2 Å². The van der Waals surface area contributed by atoms with E-state index in [9.17, 15) is 9.70 Å². The number of nitroso groups, excluding NO2 is 1. The highest BCUT2D eigenvalue weighted by atomic mass is 16.5. The Morgan fingerprint density at radius 3 is 3.09 bits per heavy atom. The maximum Gasteiger partial charge on any atom is 0.184 e. The lowest BCUT2D eigenvalue weighted by Gasteiger charge is -2.09. The second-order valence-corrected chi connectivity index (χ2v) is 2.02. The van der Waals surface area contributed by atoms with E-state index in [4.69, 9.17) is 4.74 Å². The monoisotopic (exact) mass is 153 g/mol. The van der Waals surface area contributed by atoms with E-state index in [2.05, 4.69) is 5.18 Å². The van der Waals surface area contributed by atoms with E-state index in [1.807, 2.05) is 0 Å². The normalized spacial score (nSPS) is 16.0. The lowest BCUT2D eigenvalue weighted by atomic mass is 10.2. The summed E-state index contributed by atoms with van der Waals surface area (Å²) >= 11 is 0. The Morgan fingerprint density at radius 2 is 2.45 bits per heavy atom. The van der Waals surface area contributed by atoms with Crippen LogP contribution in [-0.2, 0) is 9.53 Å². The zero-order chi connectivity index (χ0) is 8.10. The van der Waals surface area contributed by atoms with Crippen molar-refractivity contribution in [3.05, 3.63) is 28.6 Å². The van der Waals surface area contributed by atoms with Gasteiger partial charge in [-0.15, -0.1) is 0 Å². The van der Waals surface area contributed by atoms with E-state index in [0.29, 0.717) is 18.5 Å². The molecule has 1 rings (SSSR count). The van der Waals surface area contributed by atoms with Gasteiger partial charge in [-0.05, 0) is 18.6 Å². The van der Waals surface area contributed by atoms with Gasteiger partial charge >= 0.3 is 0 Å². The first-order valence-electron chi connectivity index (χ1n) is 3.18. The van der Waals surface area contributed by atoms with Crippen LogP contribution >= 0.6 is 0 Å². The van der Waals surface area contributed by atoms with Crippen molar-refractivity contribution in [3.8, 4) is 0 Å². The third kappa shape index (κ3) is 2.00. The zero-order valence-corrected chi connectivity index (χ0v) is 5.82. The Hall–Kier alpha value is -1.45. The van der Waals surface area contributed by atoms with E-state index >= 15 is 0 Å². The summed E-state index contributed by atoms with van der Waals surface area (Å²) in [6.45, 7) is -0.00875. The molecule has 0 unspecified atom stereocenters. The Morgan fingerprint density at radius 1 is 1.64 bits per heavy atom. The molecule has 4 nitrogen and oxygen atoms in total. The molecule has 4 heteroatoms. The molecule has 0 bridgehead atoms. The van der Waals surface area contributed by atoms with Crippen molar-refractivity contribution in [2.45, 2.75) is 6.42 Å². The molecular formula is C7H7NO3. The van der Waals surface area contributed by atoms with Crippen molar-refractivity contribution in [1.82, 2.24) is 0 Å². The third-order valence-corrected chi connectivity index (χ3v) is 1.25. The van der Waals surface area contributed by atoms with Crippen LogP contribution in [0.3, 0.4) is 0 Å². The fourth-order valence-corrected chi connectivity index (χ4v) is 0.774. The zero-order valence-electron chi connectivity index (χ0n) is 5.82. The predicted octanol–water partition coefficient (Wildman–Crippen LogP) is 1.14. The standard InChI is InChI=1S/C7H7NO3/c9-5-7-3-1-2-6(11-7)4-8-10/h2-3,5H,1,4H2. The second-order valence-electron chi connectivity index (χ2n) is 2.02. The Kier molecular flexibility index (Phi) is 2.54. The Balaban J connectivity index is 2.54. The minimum atomic E-state index is -0.00875. The molecule has 0 amide bonds. The molecule has 0 aromatic carbocycles. The van der Waals surface area contributed by atoms with Gasteiger partial charge in [0.15, 0.2) is 12.0 Å². The van der Waals surface area contributed by atoms with E-state index in [0.717, 1.165) is 0 Å². The van der Waals surface area contributed by atoms with E-state index in [-0.39, 0.29) is 12.3 Å². The Labute approximate surface area is 63.5 Å². The van der Waals surface area contributed by atoms with Gasteiger partial charge in [0.25, 0.3) is 0 Å². The van der Waals surface area contributed by atoms with Gasteiger partial charge in [-0.25, -0.2) is 0 Å². The smallest absolute Gasteiger partial charge is 0.184 e. The van der Waals surface area contributed by atoms with Crippen molar-refractivity contribution >= 4 is 6.29 Å². The van der Waals surface area contributed by atoms with Crippen LogP contribution in [0.5, 0.6) is 0 Å². The van der Waals surface area contributed by atoms with Gasteiger partial charge in [0.05, 0.1) is 0 Å². The summed E-state index contributed by atoms with van der Waals surface area (Å²) in [6.07, 6.45) is 4.59. The van der Waals surface area contributed by atoms with Crippen LogP contribution in [0.15, 0.2) is 28.8 Å². The van der Waals surface area contributed by atoms with E-state index in [1.165, 1.54) is 0 Å². The average molecular weight is 153 g/mol. The van der Waals surface area contributed by atoms with Crippen LogP contribution in [0.2, 0.25) is 0 Å². The van der Waals surface area contributed by atoms with E-state index < -0.39 is 0 Å². The summed E-state index contributed by atoms with van der Waals surface area (Å²) in [7, 11) is 0. The summed E-state index contributed by atoms with van der Waals surface area (Å²) in [5.41, 5.74) is 0. The van der Waals surface area contributed by atoms with Gasteiger partial charge in [-0.1, -0.05) is 5.18 Å². The van der Waals surface area contributed by atoms with Crippen molar-refractivity contribution in [2.24, 2.45) is 5.18 Å². The minimum Gasteiger partial charge on any atom is -0.457 e. The summed E-state index contributed by atoms with van der Waals surface area (Å²) in [6, 6.07) is 0. The molecule has 0 radical (unpaired) electrons. The molecule has 0 N–H and O–H groups in total. The van der Waals surface area contributed by atoms with Crippen LogP contribution in [0, 0.1) is 4.91 Å². The highest BCUT2D eigenvalue weighted by Crippen LogP contribution is 2.12. The molecule has 0 saturated heterocycles. The summed E-state index contributed by atoms with van der Waals surface area (Å²) in [5.74, 6) is 0.704. The quantitative estimate of drug-likeness (QED) is 0.451. The molecule has 0 aromatic rings. The number of rotatable bonds is 3. The van der Waals surface area contributed by atoms with Crippen molar-refractivity contribution in [2.75, 3.05) is 6.54 Å². The number of ether oxygens (including phenoxy) is 1. The highest BCUT2D eigenvalue weighted by Gasteiger charge is 2.06. The van der Waals surface area contributed by atoms with Gasteiger partial charge in [-0.2, -0.15) is 4.91 Å². The maximum atomic E-state index is 10.2. The van der Waals surface area contributed by atoms with Crippen LogP contribution in [0.25, 0.3) is 0 Å². The predicted molar refractivity (Wildman–Crippen MR) is 38.6 cm³/mol. The maximum absolute atomic E-state index is 10.2. The first-order chi connectivity index (χ1) is 5.36. The van der Waals surface area contributed by atoms with Crippen LogP contribution in [-0.4, -0.2) is 12.8 Å². The number of carbonyl (C=O) groups excluding carboxylic acids is 1. The fourth-order valence-electron chi connectivity index (χ4n) is 0.774. The molecule has 0 fully saturated rings. The largest absolute Gasteiger partial charge is 0.457 e. The van der Waals surface area contributed by atoms with Gasteiger partial charge < -0.3 is 4.74 Å². The topological polar surface area (TPSA) is 55.7 Å². The lowest BCUT2D eigenvalue weighted by molar-refractivity contribution is -0.107. The number of allylic oxidation sites excluding steroid dienone is 3. The molecule has 0 saturated carbocycles. The van der Waals surface area contributed by atoms with Crippen LogP contribution < -0.4 is 0 Å². The van der Waals surface area contributed by atoms with Crippen molar-refractivity contribution in [1.29, 1.82) is 0 Å². The molecule has 0 aliphatic carbocycles. The highest BCUT2D eigenvalue weighted by molar-refractivity contribution is 5.70. The second kappa shape index (κ2) is 3.65. The van der Waals surface area contributed by atoms with Gasteiger partial charge in [-0.3, -0.25) is 4.79 Å². The number of nitrogens with zero attached hydrogens (tertiary/aromatic N) is 1. The fraction of sp³-hybridized carbons (Fsp3) is 0.286. The summed E-state index contributed by atoms with van der Waals surface area (Å²) in [5, 5.41) is 2.64. The molecule has 1 aliphatic heterocycles. The van der Waals surface area contributed by atoms with Gasteiger partial charge in [0.2, 0.25) is 0 Å². The van der Waals surface area contributed by atoms with Gasteiger partial charge in [0.1, 0.15) is 12.3 Å². The molecule has 1 aliphatic rings. The van der Waals surface area contributed by atoms with Crippen molar-refractivity contribution < 1.29 is 9.53 Å². The molecule has 11 heavy (non-hydrogen) atoms. The van der Waals surface area contributed by atoms with Crippen LogP contribution in [0.1, 0.15) is 6.42 Å². The number of carbonyl (C=O) groups is 1. The molecule has 0 spiro atoms. The molecule has 1 heterocycles. The molecule has 58 valence electrons. The number of hydrogen-bond donors (Lipinski definition) is 0. The third-order valence-electron chi connectivity index (χ3n) is 1.25. The average Bonchev–Trinajstić information content (AvgIpc) is 2.06.